The average Bonchev–Trinajstić information content (AvgIpc) is 2.04. The molecule has 0 aliphatic carbocycles. The molecule has 1 aliphatic heterocycles. The van der Waals surface area contributed by atoms with E-state index in [1.807, 2.05) is 0 Å². The van der Waals surface area contributed by atoms with Crippen molar-refractivity contribution in [3.63, 3.8) is 0 Å². The monoisotopic (exact) mass is 239 g/mol. The molecule has 0 unspecified atom stereocenters. The Morgan fingerprint density at radius 1 is 1.36 bits per heavy atom. The molecule has 0 bridgehead atoms. The molecule has 0 saturated carbocycles. The van der Waals surface area contributed by atoms with Crippen LogP contribution in [0.3, 0.4) is 0 Å². The van der Waals surface area contributed by atoms with Crippen LogP contribution in [0.4, 0.5) is 0 Å². The van der Waals surface area contributed by atoms with Crippen LogP contribution in [0, 0.1) is 0 Å². The normalized spacial score (nSPS) is 22.3. The van der Waals surface area contributed by atoms with Crippen LogP contribution in [0.5, 0.6) is 0 Å². The summed E-state index contributed by atoms with van der Waals surface area (Å²) in [7, 11) is -0.520. The van der Waals surface area contributed by atoms with Gasteiger partial charge in [-0.15, -0.1) is 0 Å². The van der Waals surface area contributed by atoms with Crippen molar-refractivity contribution in [1.29, 1.82) is 0 Å². The minimum absolute atomic E-state index is 0.520. The third-order valence-corrected chi connectivity index (χ3v) is 3.71. The molecule has 0 atom stereocenters. The first-order valence-electron chi connectivity index (χ1n) is 3.96. The van der Waals surface area contributed by atoms with Gasteiger partial charge in [0.1, 0.15) is 0 Å². The molecule has 0 spiro atoms. The van der Waals surface area contributed by atoms with Crippen LogP contribution in [0.2, 0.25) is 0 Å². The van der Waals surface area contributed by atoms with Gasteiger partial charge in [-0.05, 0) is 13.0 Å². The minimum Gasteiger partial charge on any atom is -0.301 e. The van der Waals surface area contributed by atoms with Crippen LogP contribution in [0.1, 0.15) is 6.42 Å². The third kappa shape index (κ3) is 3.67. The van der Waals surface area contributed by atoms with E-state index in [-0.39, 0.29) is 0 Å². The van der Waals surface area contributed by atoms with Crippen LogP contribution in [0.25, 0.3) is 0 Å². The van der Waals surface area contributed by atoms with Crippen molar-refractivity contribution < 1.29 is 4.21 Å². The maximum Gasteiger partial charge on any atom is 0.0363 e. The van der Waals surface area contributed by atoms with Gasteiger partial charge in [-0.3, -0.25) is 4.21 Å². The van der Waals surface area contributed by atoms with Crippen molar-refractivity contribution in [2.45, 2.75) is 6.42 Å². The van der Waals surface area contributed by atoms with Crippen molar-refractivity contribution in [3.05, 3.63) is 0 Å². The Bertz CT molecular complexity index is 132. The molecule has 4 heteroatoms. The lowest BCUT2D eigenvalue weighted by atomic mass is 10.4. The van der Waals surface area contributed by atoms with Gasteiger partial charge in [0.25, 0.3) is 0 Å². The standard InChI is InChI=1S/C7H14BrNOS/c8-2-1-3-9-4-6-11(10)7-5-9/h1-7H2. The van der Waals surface area contributed by atoms with Crippen molar-refractivity contribution in [2.75, 3.05) is 36.5 Å². The van der Waals surface area contributed by atoms with E-state index in [9.17, 15) is 4.21 Å². The van der Waals surface area contributed by atoms with Gasteiger partial charge in [-0.2, -0.15) is 0 Å². The van der Waals surface area contributed by atoms with E-state index in [2.05, 4.69) is 20.8 Å². The molecular weight excluding hydrogens is 226 g/mol. The van der Waals surface area contributed by atoms with E-state index in [0.29, 0.717) is 0 Å². The fourth-order valence-electron chi connectivity index (χ4n) is 1.18. The van der Waals surface area contributed by atoms with Crippen LogP contribution in [0.15, 0.2) is 0 Å². The zero-order chi connectivity index (χ0) is 8.10. The molecule has 0 radical (unpaired) electrons. The first-order valence-corrected chi connectivity index (χ1v) is 6.57. The van der Waals surface area contributed by atoms with E-state index < -0.39 is 10.8 Å². The predicted octanol–water partition coefficient (Wildman–Crippen LogP) is 0.836. The van der Waals surface area contributed by atoms with Gasteiger partial charge in [0.15, 0.2) is 0 Å². The second kappa shape index (κ2) is 5.27. The van der Waals surface area contributed by atoms with Gasteiger partial charge in [-0.1, -0.05) is 15.9 Å². The molecule has 1 fully saturated rings. The van der Waals surface area contributed by atoms with Crippen LogP contribution in [-0.4, -0.2) is 45.6 Å². The van der Waals surface area contributed by atoms with Crippen molar-refractivity contribution >= 4 is 26.7 Å². The van der Waals surface area contributed by atoms with E-state index in [0.717, 1.165) is 36.5 Å². The number of halogens is 1. The van der Waals surface area contributed by atoms with Gasteiger partial charge in [0.2, 0.25) is 0 Å². The number of alkyl halides is 1. The second-order valence-corrected chi connectivity index (χ2v) is 5.22. The highest BCUT2D eigenvalue weighted by atomic mass is 79.9. The molecule has 11 heavy (non-hydrogen) atoms. The Morgan fingerprint density at radius 3 is 2.55 bits per heavy atom. The highest BCUT2D eigenvalue weighted by Crippen LogP contribution is 2.01. The van der Waals surface area contributed by atoms with Gasteiger partial charge in [-0.25, -0.2) is 0 Å². The largest absolute Gasteiger partial charge is 0.301 e. The summed E-state index contributed by atoms with van der Waals surface area (Å²) in [6, 6.07) is 0. The number of nitrogens with zero attached hydrogens (tertiary/aromatic N) is 1. The zero-order valence-corrected chi connectivity index (χ0v) is 8.99. The second-order valence-electron chi connectivity index (χ2n) is 2.73. The maximum atomic E-state index is 11.0. The Balaban J connectivity index is 2.12. The van der Waals surface area contributed by atoms with E-state index in [4.69, 9.17) is 0 Å². The molecule has 0 amide bonds. The molecular formula is C7H14BrNOS. The van der Waals surface area contributed by atoms with E-state index in [1.165, 1.54) is 6.42 Å². The molecule has 2 nitrogen and oxygen atoms in total. The SMILES string of the molecule is O=S1CCN(CCCBr)CC1. The molecule has 0 aromatic heterocycles. The molecule has 66 valence electrons. The number of rotatable bonds is 3. The summed E-state index contributed by atoms with van der Waals surface area (Å²) in [6.45, 7) is 3.21. The third-order valence-electron chi connectivity index (χ3n) is 1.88. The minimum atomic E-state index is -0.520. The first-order chi connectivity index (χ1) is 5.33. The number of hydrogen-bond acceptors (Lipinski definition) is 2. The maximum absolute atomic E-state index is 11.0. The fourth-order valence-corrected chi connectivity index (χ4v) is 2.56. The van der Waals surface area contributed by atoms with Crippen LogP contribution >= 0.6 is 15.9 Å². The first kappa shape index (κ1) is 9.68. The highest BCUT2D eigenvalue weighted by molar-refractivity contribution is 9.09. The summed E-state index contributed by atoms with van der Waals surface area (Å²) < 4.78 is 11.0. The quantitative estimate of drug-likeness (QED) is 0.681. The summed E-state index contributed by atoms with van der Waals surface area (Å²) in [5.41, 5.74) is 0. The highest BCUT2D eigenvalue weighted by Gasteiger charge is 2.13. The lowest BCUT2D eigenvalue weighted by Gasteiger charge is -2.25. The number of hydrogen-bond donors (Lipinski definition) is 0. The summed E-state index contributed by atoms with van der Waals surface area (Å²) in [4.78, 5) is 2.39. The Hall–Kier alpha value is 0.590. The molecule has 1 aliphatic rings. The van der Waals surface area contributed by atoms with Gasteiger partial charge in [0, 0.05) is 40.7 Å². The molecule has 1 saturated heterocycles. The summed E-state index contributed by atoms with van der Waals surface area (Å²) in [5.74, 6) is 1.75. The summed E-state index contributed by atoms with van der Waals surface area (Å²) in [5, 5.41) is 1.08. The molecule has 0 aromatic carbocycles. The van der Waals surface area contributed by atoms with Crippen molar-refractivity contribution in [3.8, 4) is 0 Å². The van der Waals surface area contributed by atoms with E-state index >= 15 is 0 Å². The topological polar surface area (TPSA) is 20.3 Å². The average molecular weight is 240 g/mol. The Morgan fingerprint density at radius 2 is 2.00 bits per heavy atom. The zero-order valence-electron chi connectivity index (χ0n) is 6.59. The summed E-state index contributed by atoms with van der Waals surface area (Å²) >= 11 is 3.40. The van der Waals surface area contributed by atoms with Crippen molar-refractivity contribution in [1.82, 2.24) is 4.90 Å². The molecule has 0 aromatic rings. The molecule has 1 rings (SSSR count). The molecule has 0 N–H and O–H groups in total. The van der Waals surface area contributed by atoms with Gasteiger partial charge in [0.05, 0.1) is 0 Å². The van der Waals surface area contributed by atoms with E-state index in [1.54, 1.807) is 0 Å². The van der Waals surface area contributed by atoms with Crippen molar-refractivity contribution in [2.24, 2.45) is 0 Å². The lowest BCUT2D eigenvalue weighted by molar-refractivity contribution is 0.301. The Labute approximate surface area is 78.9 Å². The molecule has 1 heterocycles. The van der Waals surface area contributed by atoms with Gasteiger partial charge >= 0.3 is 0 Å². The van der Waals surface area contributed by atoms with Crippen LogP contribution < -0.4 is 0 Å². The Kier molecular flexibility index (Phi) is 4.64. The van der Waals surface area contributed by atoms with Crippen LogP contribution in [-0.2, 0) is 10.8 Å². The lowest BCUT2D eigenvalue weighted by Crippen LogP contribution is -2.38. The summed E-state index contributed by atoms with van der Waals surface area (Å²) in [6.07, 6.45) is 1.20. The predicted molar refractivity (Wildman–Crippen MR) is 52.7 cm³/mol. The smallest absolute Gasteiger partial charge is 0.0363 e. The fraction of sp³-hybridized carbons (Fsp3) is 1.00. The van der Waals surface area contributed by atoms with Gasteiger partial charge < -0.3 is 4.90 Å².